The number of aromatic nitrogens is 3. The minimum Gasteiger partial charge on any atom is -0.329 e. The van der Waals surface area contributed by atoms with Crippen molar-refractivity contribution >= 4 is 23.4 Å². The van der Waals surface area contributed by atoms with Gasteiger partial charge in [0.2, 0.25) is 0 Å². The Hall–Kier alpha value is -2.08. The van der Waals surface area contributed by atoms with Crippen molar-refractivity contribution in [3.05, 3.63) is 52.4 Å². The minimum atomic E-state index is -0.916. The van der Waals surface area contributed by atoms with Crippen LogP contribution in [0.5, 0.6) is 0 Å². The number of rotatable bonds is 1. The van der Waals surface area contributed by atoms with Crippen LogP contribution in [0.4, 0.5) is 8.78 Å². The molecule has 3 aromatic rings. The van der Waals surface area contributed by atoms with Gasteiger partial charge in [0.1, 0.15) is 0 Å². The number of aromatic amines is 1. The highest BCUT2D eigenvalue weighted by atomic mass is 32.1. The first-order valence-electron chi connectivity index (χ1n) is 5.59. The fourth-order valence-electron chi connectivity index (χ4n) is 1.96. The van der Waals surface area contributed by atoms with Crippen LogP contribution in [-0.4, -0.2) is 14.5 Å². The molecule has 0 atom stereocenters. The topological polar surface area (TPSA) is 33.6 Å². The standard InChI is InChI=1S/C13H9F2N3S/c1-7-4-11-12(16-6-7)18(13(19)17-11)8-2-3-9(14)10(15)5-8/h2-6H,1H3,(H,17,19). The molecule has 0 aliphatic carbocycles. The molecule has 0 amide bonds. The number of hydrogen-bond donors (Lipinski definition) is 1. The predicted molar refractivity (Wildman–Crippen MR) is 70.9 cm³/mol. The van der Waals surface area contributed by atoms with E-state index < -0.39 is 11.6 Å². The summed E-state index contributed by atoms with van der Waals surface area (Å²) in [6.07, 6.45) is 1.70. The maximum Gasteiger partial charge on any atom is 0.183 e. The van der Waals surface area contributed by atoms with E-state index in [-0.39, 0.29) is 0 Å². The van der Waals surface area contributed by atoms with Crippen molar-refractivity contribution in [2.45, 2.75) is 6.92 Å². The molecule has 0 aliphatic heterocycles. The molecule has 0 saturated heterocycles. The third-order valence-electron chi connectivity index (χ3n) is 2.82. The summed E-state index contributed by atoms with van der Waals surface area (Å²) in [5.74, 6) is -1.81. The van der Waals surface area contributed by atoms with Crippen molar-refractivity contribution in [3.8, 4) is 5.69 Å². The van der Waals surface area contributed by atoms with E-state index in [2.05, 4.69) is 9.97 Å². The molecule has 1 aromatic carbocycles. The summed E-state index contributed by atoms with van der Waals surface area (Å²) in [6, 6.07) is 5.52. The monoisotopic (exact) mass is 277 g/mol. The molecule has 96 valence electrons. The largest absolute Gasteiger partial charge is 0.329 e. The second-order valence-corrected chi connectivity index (χ2v) is 4.63. The van der Waals surface area contributed by atoms with E-state index in [1.54, 1.807) is 10.8 Å². The van der Waals surface area contributed by atoms with E-state index in [1.165, 1.54) is 6.07 Å². The number of nitrogens with one attached hydrogen (secondary N) is 1. The summed E-state index contributed by atoms with van der Waals surface area (Å²) < 4.78 is 28.3. The van der Waals surface area contributed by atoms with Crippen LogP contribution in [-0.2, 0) is 0 Å². The van der Waals surface area contributed by atoms with Gasteiger partial charge in [-0.15, -0.1) is 0 Å². The van der Waals surface area contributed by atoms with Gasteiger partial charge in [0.15, 0.2) is 22.1 Å². The Morgan fingerprint density at radius 1 is 1.21 bits per heavy atom. The van der Waals surface area contributed by atoms with Gasteiger partial charge in [-0.2, -0.15) is 0 Å². The van der Waals surface area contributed by atoms with E-state index in [4.69, 9.17) is 12.2 Å². The van der Waals surface area contributed by atoms with Crippen LogP contribution in [0.1, 0.15) is 5.56 Å². The molecular weight excluding hydrogens is 268 g/mol. The fourth-order valence-corrected chi connectivity index (χ4v) is 2.26. The van der Waals surface area contributed by atoms with Gasteiger partial charge in [-0.25, -0.2) is 13.8 Å². The van der Waals surface area contributed by atoms with Crippen molar-refractivity contribution in [2.24, 2.45) is 0 Å². The summed E-state index contributed by atoms with van der Waals surface area (Å²) in [4.78, 5) is 7.28. The Kier molecular flexibility index (Phi) is 2.67. The summed E-state index contributed by atoms with van der Waals surface area (Å²) in [6.45, 7) is 1.91. The zero-order valence-corrected chi connectivity index (χ0v) is 10.8. The Bertz CT molecular complexity index is 836. The SMILES string of the molecule is Cc1cnc2c(c1)[nH]c(=S)n2-c1ccc(F)c(F)c1. The summed E-state index contributed by atoms with van der Waals surface area (Å²) in [5, 5.41) is 0. The highest BCUT2D eigenvalue weighted by Gasteiger charge is 2.10. The van der Waals surface area contributed by atoms with E-state index in [9.17, 15) is 8.78 Å². The third-order valence-corrected chi connectivity index (χ3v) is 3.11. The van der Waals surface area contributed by atoms with E-state index in [0.29, 0.717) is 16.1 Å². The molecule has 0 bridgehead atoms. The maximum absolute atomic E-state index is 13.3. The number of H-pyrrole nitrogens is 1. The molecule has 3 rings (SSSR count). The van der Waals surface area contributed by atoms with Crippen LogP contribution in [0.25, 0.3) is 16.9 Å². The third kappa shape index (κ3) is 1.94. The van der Waals surface area contributed by atoms with Gasteiger partial charge >= 0.3 is 0 Å². The molecule has 3 nitrogen and oxygen atoms in total. The quantitative estimate of drug-likeness (QED) is 0.688. The average molecular weight is 277 g/mol. The van der Waals surface area contributed by atoms with Crippen molar-refractivity contribution in [1.82, 2.24) is 14.5 Å². The Balaban J connectivity index is 2.32. The number of aryl methyl sites for hydroxylation is 1. The van der Waals surface area contributed by atoms with Crippen molar-refractivity contribution in [2.75, 3.05) is 0 Å². The van der Waals surface area contributed by atoms with Crippen molar-refractivity contribution < 1.29 is 8.78 Å². The first-order chi connectivity index (χ1) is 9.06. The average Bonchev–Trinajstić information content (AvgIpc) is 2.68. The molecule has 6 heteroatoms. The molecule has 19 heavy (non-hydrogen) atoms. The molecule has 0 saturated carbocycles. The highest BCUT2D eigenvalue weighted by molar-refractivity contribution is 7.71. The molecule has 2 heterocycles. The van der Waals surface area contributed by atoms with Gasteiger partial charge in [0, 0.05) is 12.3 Å². The molecule has 0 fully saturated rings. The molecular formula is C13H9F2N3S. The lowest BCUT2D eigenvalue weighted by atomic mass is 10.3. The lowest BCUT2D eigenvalue weighted by Gasteiger charge is -2.04. The van der Waals surface area contributed by atoms with Crippen molar-refractivity contribution in [3.63, 3.8) is 0 Å². The van der Waals surface area contributed by atoms with Crippen LogP contribution >= 0.6 is 12.2 Å². The number of nitrogens with zero attached hydrogens (tertiary/aromatic N) is 2. The number of hydrogen-bond acceptors (Lipinski definition) is 2. The summed E-state index contributed by atoms with van der Waals surface area (Å²) >= 11 is 5.21. The normalized spacial score (nSPS) is 11.1. The van der Waals surface area contributed by atoms with Gasteiger partial charge in [0.25, 0.3) is 0 Å². The highest BCUT2D eigenvalue weighted by Crippen LogP contribution is 2.20. The van der Waals surface area contributed by atoms with Crippen molar-refractivity contribution in [1.29, 1.82) is 0 Å². The second kappa shape index (κ2) is 4.24. The van der Waals surface area contributed by atoms with Crippen LogP contribution in [0, 0.1) is 23.3 Å². The van der Waals surface area contributed by atoms with Gasteiger partial charge < -0.3 is 4.98 Å². The lowest BCUT2D eigenvalue weighted by Crippen LogP contribution is -1.97. The minimum absolute atomic E-state index is 0.388. The Morgan fingerprint density at radius 3 is 2.74 bits per heavy atom. The molecule has 0 spiro atoms. The van der Waals surface area contributed by atoms with Crippen LogP contribution < -0.4 is 0 Å². The second-order valence-electron chi connectivity index (χ2n) is 4.25. The van der Waals surface area contributed by atoms with Crippen LogP contribution in [0.3, 0.4) is 0 Å². The molecule has 2 aromatic heterocycles. The van der Waals surface area contributed by atoms with E-state index >= 15 is 0 Å². The fraction of sp³-hybridized carbons (Fsp3) is 0.0769. The van der Waals surface area contributed by atoms with Gasteiger partial charge in [-0.1, -0.05) is 0 Å². The molecule has 1 N–H and O–H groups in total. The van der Waals surface area contributed by atoms with Gasteiger partial charge in [0.05, 0.1) is 11.2 Å². The molecule has 0 radical (unpaired) electrons. The molecule has 0 aliphatic rings. The number of pyridine rings is 1. The first kappa shape index (κ1) is 12.0. The lowest BCUT2D eigenvalue weighted by molar-refractivity contribution is 0.508. The van der Waals surface area contributed by atoms with Crippen LogP contribution in [0.2, 0.25) is 0 Å². The van der Waals surface area contributed by atoms with Crippen LogP contribution in [0.15, 0.2) is 30.5 Å². The zero-order valence-electron chi connectivity index (χ0n) is 9.95. The molecule has 0 unspecified atom stereocenters. The number of fused-ring (bicyclic) bond motifs is 1. The Labute approximate surface area is 112 Å². The summed E-state index contributed by atoms with van der Waals surface area (Å²) in [5.41, 5.74) is 2.77. The van der Waals surface area contributed by atoms with E-state index in [0.717, 1.165) is 23.2 Å². The summed E-state index contributed by atoms with van der Waals surface area (Å²) in [7, 11) is 0. The number of imidazole rings is 1. The number of halogens is 2. The smallest absolute Gasteiger partial charge is 0.183 e. The van der Waals surface area contributed by atoms with Gasteiger partial charge in [-0.3, -0.25) is 4.57 Å². The Morgan fingerprint density at radius 2 is 2.00 bits per heavy atom. The van der Waals surface area contributed by atoms with Gasteiger partial charge in [-0.05, 0) is 42.9 Å². The first-order valence-corrected chi connectivity index (χ1v) is 6.00. The predicted octanol–water partition coefficient (Wildman–Crippen LogP) is 3.67. The van der Waals surface area contributed by atoms with E-state index in [1.807, 2.05) is 13.0 Å². The maximum atomic E-state index is 13.3. The number of benzene rings is 1. The zero-order chi connectivity index (χ0) is 13.6.